The van der Waals surface area contributed by atoms with Crippen molar-refractivity contribution in [2.75, 3.05) is 7.11 Å². The van der Waals surface area contributed by atoms with Gasteiger partial charge < -0.3 is 4.74 Å². The zero-order valence-corrected chi connectivity index (χ0v) is 8.08. The summed E-state index contributed by atoms with van der Waals surface area (Å²) in [6.07, 6.45) is 3.42. The number of hydrogen-bond acceptors (Lipinski definition) is 4. The summed E-state index contributed by atoms with van der Waals surface area (Å²) in [5.41, 5.74) is 1.49. The van der Waals surface area contributed by atoms with Gasteiger partial charge in [-0.05, 0) is 12.1 Å². The second-order valence-electron chi connectivity index (χ2n) is 3.10. The van der Waals surface area contributed by atoms with Crippen LogP contribution >= 0.6 is 0 Å². The van der Waals surface area contributed by atoms with Crippen LogP contribution in [0.5, 0.6) is 5.88 Å². The van der Waals surface area contributed by atoms with Crippen LogP contribution < -0.4 is 4.74 Å². The molecule has 0 aliphatic rings. The summed E-state index contributed by atoms with van der Waals surface area (Å²) in [4.78, 5) is 8.59. The van der Waals surface area contributed by atoms with Gasteiger partial charge in [-0.2, -0.15) is 14.6 Å². The van der Waals surface area contributed by atoms with Crippen LogP contribution in [0.4, 0.5) is 0 Å². The largest absolute Gasteiger partial charge is 0.480 e. The molecule has 3 heterocycles. The van der Waals surface area contributed by atoms with Gasteiger partial charge in [0.05, 0.1) is 18.7 Å². The first-order chi connectivity index (χ1) is 7.40. The summed E-state index contributed by atoms with van der Waals surface area (Å²) >= 11 is 0. The van der Waals surface area contributed by atoms with E-state index in [-0.39, 0.29) is 0 Å². The van der Waals surface area contributed by atoms with Gasteiger partial charge in [0.2, 0.25) is 5.88 Å². The molecular formula is C10H8N4O. The standard InChI is InChI=1S/C10H8N4O/c1-15-10-7-3-2-5-11-9(7)14-8(13-10)4-6-12-14/h2-6H,1H3. The first-order valence-electron chi connectivity index (χ1n) is 4.52. The van der Waals surface area contributed by atoms with E-state index < -0.39 is 0 Å². The Morgan fingerprint density at radius 1 is 1.27 bits per heavy atom. The molecule has 0 bridgehead atoms. The van der Waals surface area contributed by atoms with E-state index in [1.807, 2.05) is 18.2 Å². The van der Waals surface area contributed by atoms with Crippen molar-refractivity contribution in [1.82, 2.24) is 19.6 Å². The lowest BCUT2D eigenvalue weighted by Gasteiger charge is -2.04. The lowest BCUT2D eigenvalue weighted by molar-refractivity contribution is 0.404. The number of pyridine rings is 1. The lowest BCUT2D eigenvalue weighted by Crippen LogP contribution is -1.98. The lowest BCUT2D eigenvalue weighted by atomic mass is 10.3. The van der Waals surface area contributed by atoms with E-state index >= 15 is 0 Å². The maximum absolute atomic E-state index is 5.21. The van der Waals surface area contributed by atoms with E-state index in [2.05, 4.69) is 15.1 Å². The smallest absolute Gasteiger partial charge is 0.226 e. The Morgan fingerprint density at radius 2 is 2.20 bits per heavy atom. The molecule has 0 N–H and O–H groups in total. The Kier molecular flexibility index (Phi) is 1.58. The molecule has 0 saturated heterocycles. The van der Waals surface area contributed by atoms with Crippen molar-refractivity contribution in [2.24, 2.45) is 0 Å². The molecule has 0 aliphatic carbocycles. The Bertz CT molecular complexity index is 631. The SMILES string of the molecule is COc1nc2ccnn2c2ncccc12. The second-order valence-corrected chi connectivity index (χ2v) is 3.10. The number of nitrogens with zero attached hydrogens (tertiary/aromatic N) is 4. The number of methoxy groups -OCH3 is 1. The van der Waals surface area contributed by atoms with Crippen LogP contribution in [-0.4, -0.2) is 26.7 Å². The molecule has 0 saturated carbocycles. The van der Waals surface area contributed by atoms with Gasteiger partial charge >= 0.3 is 0 Å². The average Bonchev–Trinajstić information content (AvgIpc) is 2.76. The highest BCUT2D eigenvalue weighted by Gasteiger charge is 2.08. The van der Waals surface area contributed by atoms with Gasteiger partial charge in [0, 0.05) is 12.3 Å². The number of hydrogen-bond donors (Lipinski definition) is 0. The molecule has 0 atom stereocenters. The zero-order chi connectivity index (χ0) is 10.3. The first-order valence-corrected chi connectivity index (χ1v) is 4.52. The van der Waals surface area contributed by atoms with E-state index in [1.165, 1.54) is 0 Å². The highest BCUT2D eigenvalue weighted by atomic mass is 16.5. The fraction of sp³-hybridized carbons (Fsp3) is 0.100. The van der Waals surface area contributed by atoms with Crippen LogP contribution in [0.15, 0.2) is 30.6 Å². The molecule has 0 radical (unpaired) electrons. The molecule has 0 aromatic carbocycles. The summed E-state index contributed by atoms with van der Waals surface area (Å²) in [5.74, 6) is 0.575. The zero-order valence-electron chi connectivity index (χ0n) is 8.08. The van der Waals surface area contributed by atoms with Crippen LogP contribution in [0.3, 0.4) is 0 Å². The van der Waals surface area contributed by atoms with Gasteiger partial charge in [0.15, 0.2) is 11.3 Å². The monoisotopic (exact) mass is 200 g/mol. The molecule has 5 nitrogen and oxygen atoms in total. The number of ether oxygens (including phenoxy) is 1. The highest BCUT2D eigenvalue weighted by molar-refractivity contribution is 5.82. The van der Waals surface area contributed by atoms with Gasteiger partial charge in [-0.25, -0.2) is 4.98 Å². The quantitative estimate of drug-likeness (QED) is 0.593. The maximum atomic E-state index is 5.21. The summed E-state index contributed by atoms with van der Waals surface area (Å²) in [6, 6.07) is 5.58. The predicted molar refractivity (Wildman–Crippen MR) is 54.8 cm³/mol. The average molecular weight is 200 g/mol. The molecule has 3 rings (SSSR count). The summed E-state index contributed by atoms with van der Waals surface area (Å²) in [7, 11) is 1.60. The third-order valence-electron chi connectivity index (χ3n) is 2.25. The molecule has 0 unspecified atom stereocenters. The van der Waals surface area contributed by atoms with Gasteiger partial charge in [0.25, 0.3) is 0 Å². The van der Waals surface area contributed by atoms with E-state index in [9.17, 15) is 0 Å². The molecular weight excluding hydrogens is 192 g/mol. The molecule has 3 aromatic rings. The van der Waals surface area contributed by atoms with Gasteiger partial charge in [-0.15, -0.1) is 0 Å². The summed E-state index contributed by atoms with van der Waals surface area (Å²) in [6.45, 7) is 0. The number of fused-ring (bicyclic) bond motifs is 3. The minimum atomic E-state index is 0.575. The fourth-order valence-corrected chi connectivity index (χ4v) is 1.60. The van der Waals surface area contributed by atoms with Crippen molar-refractivity contribution in [3.8, 4) is 5.88 Å². The van der Waals surface area contributed by atoms with Crippen molar-refractivity contribution >= 4 is 16.7 Å². The Hall–Kier alpha value is -2.17. The van der Waals surface area contributed by atoms with Crippen molar-refractivity contribution in [3.63, 3.8) is 0 Å². The first kappa shape index (κ1) is 8.16. The Morgan fingerprint density at radius 3 is 3.07 bits per heavy atom. The van der Waals surface area contributed by atoms with Crippen LogP contribution in [0.1, 0.15) is 0 Å². The normalized spacial score (nSPS) is 11.0. The molecule has 0 amide bonds. The van der Waals surface area contributed by atoms with Gasteiger partial charge in [0.1, 0.15) is 0 Å². The molecule has 0 spiro atoms. The van der Waals surface area contributed by atoms with E-state index in [0.717, 1.165) is 16.7 Å². The van der Waals surface area contributed by atoms with Gasteiger partial charge in [-0.3, -0.25) is 0 Å². The number of rotatable bonds is 1. The topological polar surface area (TPSA) is 52.3 Å². The van der Waals surface area contributed by atoms with E-state index in [0.29, 0.717) is 5.88 Å². The molecule has 15 heavy (non-hydrogen) atoms. The summed E-state index contributed by atoms with van der Waals surface area (Å²) < 4.78 is 6.91. The van der Waals surface area contributed by atoms with Gasteiger partial charge in [-0.1, -0.05) is 0 Å². The number of aromatic nitrogens is 4. The van der Waals surface area contributed by atoms with Crippen molar-refractivity contribution in [1.29, 1.82) is 0 Å². The molecule has 0 aliphatic heterocycles. The fourth-order valence-electron chi connectivity index (χ4n) is 1.60. The second kappa shape index (κ2) is 2.91. The molecule has 3 aromatic heterocycles. The third kappa shape index (κ3) is 1.06. The highest BCUT2D eigenvalue weighted by Crippen LogP contribution is 2.22. The van der Waals surface area contributed by atoms with Crippen LogP contribution in [-0.2, 0) is 0 Å². The minimum absolute atomic E-state index is 0.575. The Balaban J connectivity index is 2.58. The Labute approximate surface area is 85.3 Å². The van der Waals surface area contributed by atoms with Crippen molar-refractivity contribution in [3.05, 3.63) is 30.6 Å². The van der Waals surface area contributed by atoms with Crippen molar-refractivity contribution in [2.45, 2.75) is 0 Å². The van der Waals surface area contributed by atoms with Crippen LogP contribution in [0.25, 0.3) is 16.7 Å². The van der Waals surface area contributed by atoms with Crippen molar-refractivity contribution < 1.29 is 4.74 Å². The molecule has 74 valence electrons. The summed E-state index contributed by atoms with van der Waals surface area (Å²) in [5, 5.41) is 5.02. The predicted octanol–water partition coefficient (Wildman–Crippen LogP) is 1.29. The third-order valence-corrected chi connectivity index (χ3v) is 2.25. The minimum Gasteiger partial charge on any atom is -0.480 e. The van der Waals surface area contributed by atoms with Crippen LogP contribution in [0.2, 0.25) is 0 Å². The van der Waals surface area contributed by atoms with E-state index in [4.69, 9.17) is 4.74 Å². The molecule has 0 fully saturated rings. The van der Waals surface area contributed by atoms with Crippen LogP contribution in [0, 0.1) is 0 Å². The maximum Gasteiger partial charge on any atom is 0.226 e. The molecule has 5 heteroatoms. The van der Waals surface area contributed by atoms with E-state index in [1.54, 1.807) is 24.0 Å².